The lowest BCUT2D eigenvalue weighted by Crippen LogP contribution is -2.38. The van der Waals surface area contributed by atoms with E-state index in [2.05, 4.69) is 12.2 Å². The molecular weight excluding hydrogens is 511 g/mol. The van der Waals surface area contributed by atoms with E-state index in [-0.39, 0.29) is 31.0 Å². The summed E-state index contributed by atoms with van der Waals surface area (Å²) < 4.78 is 0.706. The van der Waals surface area contributed by atoms with Gasteiger partial charge in [0.25, 0.3) is 0 Å². The first-order chi connectivity index (χ1) is 18.5. The predicted octanol–water partition coefficient (Wildman–Crippen LogP) is 7.03. The largest absolute Gasteiger partial charge is 0.360 e. The van der Waals surface area contributed by atoms with Gasteiger partial charge in [-0.2, -0.15) is 0 Å². The minimum absolute atomic E-state index is 0.0178. The zero-order valence-electron chi connectivity index (χ0n) is 25.9. The summed E-state index contributed by atoms with van der Waals surface area (Å²) >= 11 is 0. The fourth-order valence-electron chi connectivity index (χ4n) is 4.66. The Hall–Kier alpha value is -1.17. The van der Waals surface area contributed by atoms with Crippen molar-refractivity contribution in [1.29, 1.82) is 0 Å². The maximum absolute atomic E-state index is 12.7. The molecule has 0 aliphatic heterocycles. The molecule has 0 aromatic heterocycles. The number of nitrogens with zero attached hydrogens (tertiary/aromatic N) is 1. The van der Waals surface area contributed by atoms with Crippen LogP contribution in [0.2, 0.25) is 0 Å². The van der Waals surface area contributed by atoms with Crippen LogP contribution in [0.5, 0.6) is 0 Å². The Morgan fingerprint density at radius 2 is 1.15 bits per heavy atom. The summed E-state index contributed by atoms with van der Waals surface area (Å²) in [7, 11) is 3.66. The van der Waals surface area contributed by atoms with E-state index in [1.54, 1.807) is 0 Å². The van der Waals surface area contributed by atoms with Crippen molar-refractivity contribution < 1.29 is 28.6 Å². The second-order valence-corrected chi connectivity index (χ2v) is 13.8. The van der Waals surface area contributed by atoms with Crippen LogP contribution in [0.25, 0.3) is 0 Å². The van der Waals surface area contributed by atoms with Gasteiger partial charge in [0, 0.05) is 44.6 Å². The van der Waals surface area contributed by atoms with Gasteiger partial charge >= 0.3 is 0 Å². The highest BCUT2D eigenvalue weighted by Crippen LogP contribution is 2.36. The molecule has 2 N–H and O–H groups in total. The summed E-state index contributed by atoms with van der Waals surface area (Å²) in [5, 5.41) is 2.79. The molecule has 0 saturated heterocycles. The smallest absolute Gasteiger partial charge is 0.220 e. The number of quaternary nitrogens is 1. The van der Waals surface area contributed by atoms with Crippen molar-refractivity contribution in [1.82, 2.24) is 5.32 Å². The number of carbonyl (C=O) groups is 4. The summed E-state index contributed by atoms with van der Waals surface area (Å²) in [5.74, 6) is -0.190. The minimum Gasteiger partial charge on any atom is -0.360 e. The highest BCUT2D eigenvalue weighted by Gasteiger charge is 2.28. The van der Waals surface area contributed by atoms with E-state index in [9.17, 15) is 24.1 Å². The van der Waals surface area contributed by atoms with E-state index in [1.165, 1.54) is 64.2 Å². The standard InChI is InChI=1S/C31H59N2O5P/c1-6-8-9-10-11-12-13-14-15-16-17-18-19-22-28(34)25-27(32-29(35)21-7-2)26-31(37)39(38)30(36)23-20-24-33(3,4)5/h27,38H,6-26H2,1-5H3/p+1. The van der Waals surface area contributed by atoms with Gasteiger partial charge in [-0.3, -0.25) is 19.2 Å². The van der Waals surface area contributed by atoms with Crippen LogP contribution in [0.3, 0.4) is 0 Å². The third kappa shape index (κ3) is 23.3. The predicted molar refractivity (Wildman–Crippen MR) is 163 cm³/mol. The number of hydrogen-bond donors (Lipinski definition) is 2. The Bertz CT molecular complexity index is 693. The van der Waals surface area contributed by atoms with Crippen molar-refractivity contribution in [2.75, 3.05) is 27.7 Å². The average molecular weight is 572 g/mol. The molecule has 0 heterocycles. The molecule has 0 aromatic rings. The SMILES string of the molecule is CCCCCCCCCCCCCCCC(=O)CC(CC(=O)P(O)C(=O)CCC[N+](C)(C)C)NC(=O)CCC. The maximum Gasteiger partial charge on any atom is 0.220 e. The molecule has 8 heteroatoms. The van der Waals surface area contributed by atoms with E-state index >= 15 is 0 Å². The molecule has 2 unspecified atom stereocenters. The van der Waals surface area contributed by atoms with Crippen molar-refractivity contribution in [3.8, 4) is 0 Å². The summed E-state index contributed by atoms with van der Waals surface area (Å²) in [5.41, 5.74) is -0.990. The Kier molecular flexibility index (Phi) is 22.8. The van der Waals surface area contributed by atoms with Crippen LogP contribution >= 0.6 is 8.15 Å². The van der Waals surface area contributed by atoms with Crippen LogP contribution in [-0.2, 0) is 19.2 Å². The van der Waals surface area contributed by atoms with Crippen molar-refractivity contribution in [2.24, 2.45) is 0 Å². The lowest BCUT2D eigenvalue weighted by atomic mass is 10.0. The number of hydrogen-bond acceptors (Lipinski definition) is 5. The molecule has 1 amide bonds. The molecule has 0 aromatic carbocycles. The van der Waals surface area contributed by atoms with E-state index in [0.29, 0.717) is 30.2 Å². The zero-order chi connectivity index (χ0) is 29.5. The summed E-state index contributed by atoms with van der Waals surface area (Å²) in [6.07, 6.45) is 18.2. The van der Waals surface area contributed by atoms with Gasteiger partial charge in [0.15, 0.2) is 19.2 Å². The number of ketones is 1. The Morgan fingerprint density at radius 3 is 1.64 bits per heavy atom. The van der Waals surface area contributed by atoms with Crippen molar-refractivity contribution in [3.63, 3.8) is 0 Å². The van der Waals surface area contributed by atoms with Crippen LogP contribution < -0.4 is 5.32 Å². The Balaban J connectivity index is 4.35. The molecule has 0 bridgehead atoms. The highest BCUT2D eigenvalue weighted by atomic mass is 31.1. The second-order valence-electron chi connectivity index (χ2n) is 12.2. The van der Waals surface area contributed by atoms with Crippen LogP contribution in [0, 0.1) is 0 Å². The number of unbranched alkanes of at least 4 members (excludes halogenated alkanes) is 12. The minimum atomic E-state index is -2.42. The molecule has 0 radical (unpaired) electrons. The van der Waals surface area contributed by atoms with E-state index in [4.69, 9.17) is 0 Å². The Morgan fingerprint density at radius 1 is 0.641 bits per heavy atom. The number of carbonyl (C=O) groups excluding carboxylic acids is 4. The second kappa shape index (κ2) is 23.5. The molecular formula is C31H60N2O5P+. The molecule has 7 nitrogen and oxygen atoms in total. The van der Waals surface area contributed by atoms with Crippen molar-refractivity contribution in [2.45, 2.75) is 148 Å². The molecule has 2 atom stereocenters. The first-order valence-electron chi connectivity index (χ1n) is 15.7. The summed E-state index contributed by atoms with van der Waals surface area (Å²) in [6, 6.07) is -0.665. The molecule has 39 heavy (non-hydrogen) atoms. The van der Waals surface area contributed by atoms with Gasteiger partial charge in [0.1, 0.15) is 5.78 Å². The van der Waals surface area contributed by atoms with Crippen LogP contribution in [0.1, 0.15) is 142 Å². The molecule has 228 valence electrons. The topological polar surface area (TPSA) is 101 Å². The van der Waals surface area contributed by atoms with Crippen LogP contribution in [-0.4, -0.2) is 65.8 Å². The van der Waals surface area contributed by atoms with Gasteiger partial charge in [-0.15, -0.1) is 0 Å². The molecule has 0 spiro atoms. The average Bonchev–Trinajstić information content (AvgIpc) is 2.85. The van der Waals surface area contributed by atoms with Crippen LogP contribution in [0.4, 0.5) is 0 Å². The molecule has 0 aliphatic carbocycles. The Labute approximate surface area is 240 Å². The third-order valence-electron chi connectivity index (χ3n) is 6.99. The number of amides is 1. The van der Waals surface area contributed by atoms with Gasteiger partial charge in [0.05, 0.1) is 27.7 Å². The van der Waals surface area contributed by atoms with Gasteiger partial charge < -0.3 is 14.7 Å². The van der Waals surface area contributed by atoms with Gasteiger partial charge in [0.2, 0.25) is 5.91 Å². The van der Waals surface area contributed by atoms with Crippen LogP contribution in [0.15, 0.2) is 0 Å². The summed E-state index contributed by atoms with van der Waals surface area (Å²) in [6.45, 7) is 4.91. The molecule has 0 fully saturated rings. The zero-order valence-corrected chi connectivity index (χ0v) is 26.8. The normalized spacial score (nSPS) is 13.2. The highest BCUT2D eigenvalue weighted by molar-refractivity contribution is 7.84. The first kappa shape index (κ1) is 37.8. The number of nitrogens with one attached hydrogen (secondary N) is 1. The quantitative estimate of drug-likeness (QED) is 0.0626. The van der Waals surface area contributed by atoms with Crippen molar-refractivity contribution in [3.05, 3.63) is 0 Å². The third-order valence-corrected chi connectivity index (χ3v) is 8.34. The van der Waals surface area contributed by atoms with Crippen molar-refractivity contribution >= 4 is 30.9 Å². The lowest BCUT2D eigenvalue weighted by molar-refractivity contribution is -0.870. The molecule has 0 aliphatic rings. The van der Waals surface area contributed by atoms with Gasteiger partial charge in [-0.05, 0) is 12.8 Å². The van der Waals surface area contributed by atoms with Gasteiger partial charge in [-0.1, -0.05) is 90.9 Å². The summed E-state index contributed by atoms with van der Waals surface area (Å²) in [4.78, 5) is 60.1. The number of Topliss-reactive ketones (excluding diaryl/α,β-unsaturated/α-hetero) is 1. The lowest BCUT2D eigenvalue weighted by Gasteiger charge is -2.23. The first-order valence-corrected chi connectivity index (χ1v) is 17.0. The fraction of sp³-hybridized carbons (Fsp3) is 0.871. The maximum atomic E-state index is 12.7. The van der Waals surface area contributed by atoms with E-state index in [1.807, 2.05) is 28.1 Å². The van der Waals surface area contributed by atoms with E-state index < -0.39 is 25.2 Å². The number of rotatable bonds is 27. The molecule has 0 rings (SSSR count). The molecule has 0 saturated carbocycles. The fourth-order valence-corrected chi connectivity index (χ4v) is 5.71. The monoisotopic (exact) mass is 571 g/mol. The van der Waals surface area contributed by atoms with Gasteiger partial charge in [-0.25, -0.2) is 0 Å². The van der Waals surface area contributed by atoms with E-state index in [0.717, 1.165) is 25.8 Å².